The molecule has 1 N–H and O–H groups in total. The van der Waals surface area contributed by atoms with E-state index in [2.05, 4.69) is 36.3 Å². The molecule has 1 aromatic heterocycles. The molecule has 78 valence electrons. The lowest BCUT2D eigenvalue weighted by Crippen LogP contribution is -2.21. The SMILES string of the molecule is C=CCCNC(CCC)c1cccs1. The molecule has 0 saturated carbocycles. The molecule has 1 rings (SSSR count). The number of hydrogen-bond donors (Lipinski definition) is 1. The summed E-state index contributed by atoms with van der Waals surface area (Å²) in [6.07, 6.45) is 5.46. The topological polar surface area (TPSA) is 12.0 Å². The molecule has 0 aromatic carbocycles. The van der Waals surface area contributed by atoms with Gasteiger partial charge in [0.15, 0.2) is 0 Å². The van der Waals surface area contributed by atoms with Crippen LogP contribution in [0.3, 0.4) is 0 Å². The van der Waals surface area contributed by atoms with Crippen LogP contribution in [0.2, 0.25) is 0 Å². The molecule has 0 amide bonds. The molecule has 1 nitrogen and oxygen atoms in total. The normalized spacial score (nSPS) is 12.6. The fraction of sp³-hybridized carbons (Fsp3) is 0.500. The minimum Gasteiger partial charge on any atom is -0.309 e. The van der Waals surface area contributed by atoms with Crippen LogP contribution in [0, 0.1) is 0 Å². The summed E-state index contributed by atoms with van der Waals surface area (Å²) in [5.41, 5.74) is 0. The minimum atomic E-state index is 0.542. The molecule has 0 spiro atoms. The quantitative estimate of drug-likeness (QED) is 0.532. The van der Waals surface area contributed by atoms with Gasteiger partial charge in [0.2, 0.25) is 0 Å². The Hall–Kier alpha value is -0.600. The highest BCUT2D eigenvalue weighted by Gasteiger charge is 2.09. The van der Waals surface area contributed by atoms with E-state index in [-0.39, 0.29) is 0 Å². The van der Waals surface area contributed by atoms with Crippen molar-refractivity contribution in [2.45, 2.75) is 32.2 Å². The molecule has 0 fully saturated rings. The molecule has 0 aliphatic rings. The third kappa shape index (κ3) is 3.64. The first kappa shape index (κ1) is 11.5. The van der Waals surface area contributed by atoms with Gasteiger partial charge in [-0.3, -0.25) is 0 Å². The van der Waals surface area contributed by atoms with Crippen LogP contribution in [0.15, 0.2) is 30.2 Å². The summed E-state index contributed by atoms with van der Waals surface area (Å²) in [5.74, 6) is 0. The zero-order valence-electron chi connectivity index (χ0n) is 8.83. The van der Waals surface area contributed by atoms with Gasteiger partial charge in [-0.2, -0.15) is 0 Å². The van der Waals surface area contributed by atoms with Gasteiger partial charge >= 0.3 is 0 Å². The van der Waals surface area contributed by atoms with Crippen molar-refractivity contribution in [3.63, 3.8) is 0 Å². The van der Waals surface area contributed by atoms with E-state index in [0.717, 1.165) is 13.0 Å². The second-order valence-corrected chi connectivity index (χ2v) is 4.37. The van der Waals surface area contributed by atoms with Crippen LogP contribution in [-0.4, -0.2) is 6.54 Å². The van der Waals surface area contributed by atoms with Crippen LogP contribution in [0.25, 0.3) is 0 Å². The van der Waals surface area contributed by atoms with E-state index in [9.17, 15) is 0 Å². The first-order valence-electron chi connectivity index (χ1n) is 5.26. The summed E-state index contributed by atoms with van der Waals surface area (Å²) >= 11 is 1.84. The second-order valence-electron chi connectivity index (χ2n) is 3.39. The Kier molecular flexibility index (Phi) is 5.57. The maximum absolute atomic E-state index is 3.73. The van der Waals surface area contributed by atoms with Crippen LogP contribution < -0.4 is 5.32 Å². The molecule has 0 saturated heterocycles. The third-order valence-corrected chi connectivity index (χ3v) is 3.19. The lowest BCUT2D eigenvalue weighted by molar-refractivity contribution is 0.507. The zero-order valence-corrected chi connectivity index (χ0v) is 9.65. The highest BCUT2D eigenvalue weighted by molar-refractivity contribution is 7.10. The van der Waals surface area contributed by atoms with Gasteiger partial charge < -0.3 is 5.32 Å². The van der Waals surface area contributed by atoms with Crippen molar-refractivity contribution < 1.29 is 0 Å². The summed E-state index contributed by atoms with van der Waals surface area (Å²) in [6.45, 7) is 6.99. The van der Waals surface area contributed by atoms with E-state index >= 15 is 0 Å². The van der Waals surface area contributed by atoms with Gasteiger partial charge in [0, 0.05) is 10.9 Å². The highest BCUT2D eigenvalue weighted by atomic mass is 32.1. The Bertz CT molecular complexity index is 241. The zero-order chi connectivity index (χ0) is 10.2. The molecule has 0 aliphatic carbocycles. The van der Waals surface area contributed by atoms with Crippen LogP contribution in [-0.2, 0) is 0 Å². The van der Waals surface area contributed by atoms with E-state index in [1.807, 2.05) is 17.4 Å². The summed E-state index contributed by atoms with van der Waals surface area (Å²) in [6, 6.07) is 4.88. The Morgan fingerprint density at radius 3 is 3.07 bits per heavy atom. The first-order valence-corrected chi connectivity index (χ1v) is 6.14. The van der Waals surface area contributed by atoms with Crippen molar-refractivity contribution in [1.29, 1.82) is 0 Å². The number of thiophene rings is 1. The van der Waals surface area contributed by atoms with Gasteiger partial charge in [0.05, 0.1) is 0 Å². The number of nitrogens with one attached hydrogen (secondary N) is 1. The summed E-state index contributed by atoms with van der Waals surface area (Å²) in [7, 11) is 0. The molecule has 2 heteroatoms. The molecule has 0 aliphatic heterocycles. The predicted molar refractivity (Wildman–Crippen MR) is 64.8 cm³/mol. The van der Waals surface area contributed by atoms with E-state index in [0.29, 0.717) is 6.04 Å². The van der Waals surface area contributed by atoms with Gasteiger partial charge in [0.1, 0.15) is 0 Å². The molecular weight excluding hydrogens is 190 g/mol. The predicted octanol–water partition coefficient (Wildman–Crippen LogP) is 3.76. The monoisotopic (exact) mass is 209 g/mol. The molecule has 1 aromatic rings. The molecule has 14 heavy (non-hydrogen) atoms. The van der Waals surface area contributed by atoms with Crippen molar-refractivity contribution in [2.75, 3.05) is 6.54 Å². The smallest absolute Gasteiger partial charge is 0.0414 e. The van der Waals surface area contributed by atoms with Crippen molar-refractivity contribution in [3.8, 4) is 0 Å². The Morgan fingerprint density at radius 2 is 2.50 bits per heavy atom. The molecule has 0 radical (unpaired) electrons. The maximum atomic E-state index is 3.73. The fourth-order valence-electron chi connectivity index (χ4n) is 1.48. The van der Waals surface area contributed by atoms with Gasteiger partial charge in [-0.1, -0.05) is 25.5 Å². The lowest BCUT2D eigenvalue weighted by Gasteiger charge is -2.15. The Labute approximate surface area is 90.9 Å². The van der Waals surface area contributed by atoms with E-state index in [1.165, 1.54) is 17.7 Å². The van der Waals surface area contributed by atoms with Crippen molar-refractivity contribution in [2.24, 2.45) is 0 Å². The maximum Gasteiger partial charge on any atom is 0.0414 e. The van der Waals surface area contributed by atoms with Crippen molar-refractivity contribution in [3.05, 3.63) is 35.0 Å². The Morgan fingerprint density at radius 1 is 1.64 bits per heavy atom. The van der Waals surface area contributed by atoms with Gasteiger partial charge in [0.25, 0.3) is 0 Å². The average molecular weight is 209 g/mol. The van der Waals surface area contributed by atoms with Crippen LogP contribution in [0.1, 0.15) is 37.1 Å². The molecule has 1 atom stereocenters. The van der Waals surface area contributed by atoms with Crippen molar-refractivity contribution >= 4 is 11.3 Å². The van der Waals surface area contributed by atoms with Gasteiger partial charge in [-0.25, -0.2) is 0 Å². The van der Waals surface area contributed by atoms with Crippen molar-refractivity contribution in [1.82, 2.24) is 5.32 Å². The standard InChI is InChI=1S/C12H19NS/c1-3-5-9-13-11(7-4-2)12-8-6-10-14-12/h3,6,8,10-11,13H,1,4-5,7,9H2,2H3. The molecular formula is C12H19NS. The minimum absolute atomic E-state index is 0.542. The fourth-order valence-corrected chi connectivity index (χ4v) is 2.32. The average Bonchev–Trinajstić information content (AvgIpc) is 2.70. The van der Waals surface area contributed by atoms with E-state index in [4.69, 9.17) is 0 Å². The summed E-state index contributed by atoms with van der Waals surface area (Å²) < 4.78 is 0. The summed E-state index contributed by atoms with van der Waals surface area (Å²) in [5, 5.41) is 5.71. The van der Waals surface area contributed by atoms with E-state index < -0.39 is 0 Å². The first-order chi connectivity index (χ1) is 6.88. The number of hydrogen-bond acceptors (Lipinski definition) is 2. The number of rotatable bonds is 7. The van der Waals surface area contributed by atoms with Gasteiger partial charge in [-0.05, 0) is 30.8 Å². The second kappa shape index (κ2) is 6.80. The van der Waals surface area contributed by atoms with Gasteiger partial charge in [-0.15, -0.1) is 17.9 Å². The van der Waals surface area contributed by atoms with Crippen LogP contribution in [0.4, 0.5) is 0 Å². The highest BCUT2D eigenvalue weighted by Crippen LogP contribution is 2.22. The molecule has 0 bridgehead atoms. The Balaban J connectivity index is 2.43. The third-order valence-electron chi connectivity index (χ3n) is 2.20. The van der Waals surface area contributed by atoms with E-state index in [1.54, 1.807) is 0 Å². The van der Waals surface area contributed by atoms with Crippen LogP contribution >= 0.6 is 11.3 Å². The largest absolute Gasteiger partial charge is 0.309 e. The molecule has 1 unspecified atom stereocenters. The summed E-state index contributed by atoms with van der Waals surface area (Å²) in [4.78, 5) is 1.45. The molecule has 1 heterocycles. The lowest BCUT2D eigenvalue weighted by atomic mass is 10.1. The van der Waals surface area contributed by atoms with Crippen LogP contribution in [0.5, 0.6) is 0 Å².